The van der Waals surface area contributed by atoms with Gasteiger partial charge >= 0.3 is 0 Å². The molecule has 32 heavy (non-hydrogen) atoms. The van der Waals surface area contributed by atoms with Crippen LogP contribution in [0.25, 0.3) is 0 Å². The Morgan fingerprint density at radius 2 is 1.00 bits per heavy atom. The molecule has 0 radical (unpaired) electrons. The number of halogens is 2. The molecule has 0 spiro atoms. The molecule has 2 rings (SSSR count). The Kier molecular flexibility index (Phi) is 14.1. The lowest BCUT2D eigenvalue weighted by atomic mass is 10.1. The number of amides is 2. The van der Waals surface area contributed by atoms with E-state index in [9.17, 15) is 19.8 Å². The first-order chi connectivity index (χ1) is 14.3. The molecule has 0 aliphatic rings. The zero-order valence-electron chi connectivity index (χ0n) is 17.7. The maximum atomic E-state index is 12.1. The predicted octanol–water partition coefficient (Wildman–Crippen LogP) is 1.39. The number of aromatic hydroxyl groups is 2. The van der Waals surface area contributed by atoms with Crippen LogP contribution in [0.2, 0.25) is 0 Å². The summed E-state index contributed by atoms with van der Waals surface area (Å²) in [6, 6.07) is 11.9. The molecule has 10 heteroatoms. The fourth-order valence-corrected chi connectivity index (χ4v) is 2.89. The van der Waals surface area contributed by atoms with Crippen LogP contribution in [0.5, 0.6) is 11.5 Å². The van der Waals surface area contributed by atoms with Gasteiger partial charge in [-0.2, -0.15) is 0 Å². The van der Waals surface area contributed by atoms with Crippen LogP contribution in [-0.4, -0.2) is 47.2 Å². The number of nitrogens with one attached hydrogen (secondary N) is 2. The summed E-state index contributed by atoms with van der Waals surface area (Å²) < 4.78 is 0. The summed E-state index contributed by atoms with van der Waals surface area (Å²) in [5, 5.41) is 24.1. The molecular formula is C22H32Cl2N4O4. The molecule has 2 atom stereocenters. The normalized spacial score (nSPS) is 11.9. The van der Waals surface area contributed by atoms with E-state index in [1.165, 1.54) is 0 Å². The van der Waals surface area contributed by atoms with Gasteiger partial charge in [-0.3, -0.25) is 9.59 Å². The van der Waals surface area contributed by atoms with Crippen LogP contribution in [0.4, 0.5) is 0 Å². The number of hydrogen-bond acceptors (Lipinski definition) is 6. The van der Waals surface area contributed by atoms with Gasteiger partial charge in [-0.1, -0.05) is 24.3 Å². The van der Waals surface area contributed by atoms with Crippen molar-refractivity contribution in [3.8, 4) is 11.5 Å². The lowest BCUT2D eigenvalue weighted by Gasteiger charge is -2.14. The smallest absolute Gasteiger partial charge is 0.237 e. The molecule has 0 aliphatic carbocycles. The highest BCUT2D eigenvalue weighted by Gasteiger charge is 2.15. The van der Waals surface area contributed by atoms with Crippen molar-refractivity contribution in [1.29, 1.82) is 0 Å². The molecule has 0 unspecified atom stereocenters. The third-order valence-electron chi connectivity index (χ3n) is 4.66. The number of carbonyl (C=O) groups is 2. The Balaban J connectivity index is 0.00000480. The Morgan fingerprint density at radius 3 is 1.31 bits per heavy atom. The van der Waals surface area contributed by atoms with E-state index < -0.39 is 12.1 Å². The molecule has 0 saturated carbocycles. The quantitative estimate of drug-likeness (QED) is 0.264. The molecule has 0 heterocycles. The summed E-state index contributed by atoms with van der Waals surface area (Å²) in [6.07, 6.45) is 2.18. The van der Waals surface area contributed by atoms with E-state index in [1.54, 1.807) is 48.5 Å². The van der Waals surface area contributed by atoms with Gasteiger partial charge in [-0.05, 0) is 61.1 Å². The van der Waals surface area contributed by atoms with Crippen molar-refractivity contribution in [2.24, 2.45) is 11.5 Å². The van der Waals surface area contributed by atoms with E-state index in [0.29, 0.717) is 38.8 Å². The molecular weight excluding hydrogens is 455 g/mol. The largest absolute Gasteiger partial charge is 0.508 e. The van der Waals surface area contributed by atoms with Crippen molar-refractivity contribution in [1.82, 2.24) is 10.6 Å². The zero-order chi connectivity index (χ0) is 21.9. The highest BCUT2D eigenvalue weighted by atomic mass is 35.5. The first-order valence-corrected chi connectivity index (χ1v) is 9.97. The van der Waals surface area contributed by atoms with Crippen molar-refractivity contribution in [2.75, 3.05) is 13.1 Å². The average Bonchev–Trinajstić information content (AvgIpc) is 2.73. The second-order valence-corrected chi connectivity index (χ2v) is 7.24. The number of phenols is 2. The van der Waals surface area contributed by atoms with E-state index in [4.69, 9.17) is 11.5 Å². The molecule has 2 aromatic carbocycles. The molecule has 8 N–H and O–H groups in total. The first-order valence-electron chi connectivity index (χ1n) is 9.97. The van der Waals surface area contributed by atoms with Gasteiger partial charge < -0.3 is 32.3 Å². The summed E-state index contributed by atoms with van der Waals surface area (Å²) in [5.74, 6) is -0.124. The van der Waals surface area contributed by atoms with Crippen LogP contribution >= 0.6 is 24.8 Å². The number of hydrogen-bond donors (Lipinski definition) is 6. The Labute approximate surface area is 200 Å². The van der Waals surface area contributed by atoms with Gasteiger partial charge in [-0.15, -0.1) is 24.8 Å². The monoisotopic (exact) mass is 486 g/mol. The fourth-order valence-electron chi connectivity index (χ4n) is 2.89. The molecule has 0 aromatic heterocycles. The number of benzene rings is 2. The first kappa shape index (κ1) is 29.5. The van der Waals surface area contributed by atoms with Gasteiger partial charge in [0.1, 0.15) is 11.5 Å². The van der Waals surface area contributed by atoms with Crippen molar-refractivity contribution in [3.63, 3.8) is 0 Å². The standard InChI is InChI=1S/C22H30N4O4.2ClH/c23-19(13-15-3-7-17(27)8-4-15)21(29)25-11-1-2-12-26-22(30)20(24)14-16-5-9-18(28)10-6-16;;/h3-10,19-20,27-28H,1-2,11-14,23-24H2,(H,25,29)(H,26,30);2*1H/t19-,20-;;/m0../s1. The summed E-state index contributed by atoms with van der Waals surface area (Å²) in [7, 11) is 0. The van der Waals surface area contributed by atoms with E-state index in [1.807, 2.05) is 0 Å². The van der Waals surface area contributed by atoms with Crippen LogP contribution in [0.1, 0.15) is 24.0 Å². The van der Waals surface area contributed by atoms with Crippen LogP contribution in [-0.2, 0) is 22.4 Å². The topological polar surface area (TPSA) is 151 Å². The molecule has 178 valence electrons. The molecule has 2 amide bonds. The van der Waals surface area contributed by atoms with Gasteiger partial charge in [0.15, 0.2) is 0 Å². The summed E-state index contributed by atoms with van der Waals surface area (Å²) in [5.41, 5.74) is 13.6. The molecule has 0 fully saturated rings. The van der Waals surface area contributed by atoms with Crippen LogP contribution < -0.4 is 22.1 Å². The van der Waals surface area contributed by atoms with Crippen molar-refractivity contribution in [3.05, 3.63) is 59.7 Å². The summed E-state index contributed by atoms with van der Waals surface area (Å²) >= 11 is 0. The number of carbonyl (C=O) groups excluding carboxylic acids is 2. The van der Waals surface area contributed by atoms with Crippen molar-refractivity contribution in [2.45, 2.75) is 37.8 Å². The molecule has 0 aliphatic heterocycles. The van der Waals surface area contributed by atoms with Gasteiger partial charge in [0, 0.05) is 13.1 Å². The highest BCUT2D eigenvalue weighted by molar-refractivity contribution is 5.85. The number of phenolic OH excluding ortho intramolecular Hbond substituents is 2. The minimum absolute atomic E-state index is 0. The molecule has 0 saturated heterocycles. The molecule has 8 nitrogen and oxygen atoms in total. The van der Waals surface area contributed by atoms with Gasteiger partial charge in [0.2, 0.25) is 11.8 Å². The number of rotatable bonds is 11. The molecule has 2 aromatic rings. The van der Waals surface area contributed by atoms with Crippen LogP contribution in [0, 0.1) is 0 Å². The maximum absolute atomic E-state index is 12.1. The third-order valence-corrected chi connectivity index (χ3v) is 4.66. The lowest BCUT2D eigenvalue weighted by molar-refractivity contribution is -0.123. The zero-order valence-corrected chi connectivity index (χ0v) is 19.3. The van der Waals surface area contributed by atoms with Gasteiger partial charge in [0.05, 0.1) is 12.1 Å². The van der Waals surface area contributed by atoms with E-state index in [2.05, 4.69) is 10.6 Å². The Hall–Kier alpha value is -2.52. The summed E-state index contributed by atoms with van der Waals surface area (Å²) in [6.45, 7) is 0.940. The fraction of sp³-hybridized carbons (Fsp3) is 0.364. The second-order valence-electron chi connectivity index (χ2n) is 7.24. The lowest BCUT2D eigenvalue weighted by Crippen LogP contribution is -2.43. The highest BCUT2D eigenvalue weighted by Crippen LogP contribution is 2.11. The average molecular weight is 487 g/mol. The number of unbranched alkanes of at least 4 members (excludes halogenated alkanes) is 1. The number of nitrogens with two attached hydrogens (primary N) is 2. The second kappa shape index (κ2) is 15.3. The Morgan fingerprint density at radius 1 is 0.688 bits per heavy atom. The van der Waals surface area contributed by atoms with Crippen molar-refractivity contribution >= 4 is 36.6 Å². The van der Waals surface area contributed by atoms with E-state index in [0.717, 1.165) is 11.1 Å². The van der Waals surface area contributed by atoms with E-state index >= 15 is 0 Å². The Bertz CT molecular complexity index is 750. The van der Waals surface area contributed by atoms with Gasteiger partial charge in [0.25, 0.3) is 0 Å². The molecule has 0 bridgehead atoms. The minimum Gasteiger partial charge on any atom is -0.508 e. The van der Waals surface area contributed by atoms with Crippen LogP contribution in [0.3, 0.4) is 0 Å². The van der Waals surface area contributed by atoms with Crippen LogP contribution in [0.15, 0.2) is 48.5 Å². The summed E-state index contributed by atoms with van der Waals surface area (Å²) in [4.78, 5) is 24.1. The van der Waals surface area contributed by atoms with Crippen molar-refractivity contribution < 1.29 is 19.8 Å². The van der Waals surface area contributed by atoms with Gasteiger partial charge in [-0.25, -0.2) is 0 Å². The SMILES string of the molecule is Cl.Cl.N[C@@H](Cc1ccc(O)cc1)C(=O)NCCCCNC(=O)[C@@H](N)Cc1ccc(O)cc1. The maximum Gasteiger partial charge on any atom is 0.237 e. The minimum atomic E-state index is -0.660. The predicted molar refractivity (Wildman–Crippen MR) is 129 cm³/mol. The van der Waals surface area contributed by atoms with E-state index in [-0.39, 0.29) is 48.1 Å². The third kappa shape index (κ3) is 10.7.